The Morgan fingerprint density at radius 3 is 2.86 bits per heavy atom. The van der Waals surface area contributed by atoms with Crippen molar-refractivity contribution in [3.63, 3.8) is 0 Å². The predicted molar refractivity (Wildman–Crippen MR) is 92.2 cm³/mol. The summed E-state index contributed by atoms with van der Waals surface area (Å²) in [6.07, 6.45) is 7.80. The van der Waals surface area contributed by atoms with Crippen molar-refractivity contribution < 1.29 is 0 Å². The van der Waals surface area contributed by atoms with E-state index in [0.717, 1.165) is 19.0 Å². The van der Waals surface area contributed by atoms with Gasteiger partial charge in [-0.15, -0.1) is 0 Å². The molecule has 0 atom stereocenters. The van der Waals surface area contributed by atoms with E-state index in [0.29, 0.717) is 0 Å². The predicted octanol–water partition coefficient (Wildman–Crippen LogP) is 3.14. The highest BCUT2D eigenvalue weighted by Crippen LogP contribution is 2.29. The van der Waals surface area contributed by atoms with Crippen LogP contribution in [0.25, 0.3) is 10.9 Å². The molecule has 22 heavy (non-hydrogen) atoms. The van der Waals surface area contributed by atoms with Gasteiger partial charge in [-0.3, -0.25) is 0 Å². The summed E-state index contributed by atoms with van der Waals surface area (Å²) in [5.74, 6) is 0.852. The molecule has 0 spiro atoms. The van der Waals surface area contributed by atoms with Gasteiger partial charge in [0.1, 0.15) is 0 Å². The maximum absolute atomic E-state index is 3.67. The van der Waals surface area contributed by atoms with Crippen molar-refractivity contribution in [1.29, 1.82) is 0 Å². The van der Waals surface area contributed by atoms with E-state index in [1.807, 2.05) is 0 Å². The zero-order chi connectivity index (χ0) is 14.8. The third-order valence-electron chi connectivity index (χ3n) is 5.38. The van der Waals surface area contributed by atoms with E-state index in [4.69, 9.17) is 0 Å². The molecule has 1 aliphatic carbocycles. The summed E-state index contributed by atoms with van der Waals surface area (Å²) in [6, 6.07) is 6.96. The fourth-order valence-corrected chi connectivity index (χ4v) is 4.07. The maximum Gasteiger partial charge on any atom is 0.0459 e. The molecule has 2 aromatic rings. The summed E-state index contributed by atoms with van der Waals surface area (Å²) in [7, 11) is 0. The quantitative estimate of drug-likeness (QED) is 0.811. The largest absolute Gasteiger partial charge is 0.358 e. The number of aromatic nitrogens is 1. The van der Waals surface area contributed by atoms with E-state index in [1.165, 1.54) is 73.8 Å². The second-order valence-electron chi connectivity index (χ2n) is 6.99. The first kappa shape index (κ1) is 14.3. The Labute approximate surface area is 132 Å². The molecule has 0 bridgehead atoms. The lowest BCUT2D eigenvalue weighted by Gasteiger charge is -2.22. The van der Waals surface area contributed by atoms with Gasteiger partial charge in [0.2, 0.25) is 0 Å². The lowest BCUT2D eigenvalue weighted by molar-refractivity contribution is 0.356. The third kappa shape index (κ3) is 2.92. The van der Waals surface area contributed by atoms with Crippen molar-refractivity contribution in [3.05, 3.63) is 35.0 Å². The zero-order valence-electron chi connectivity index (χ0n) is 13.4. The molecule has 0 radical (unpaired) electrons. The van der Waals surface area contributed by atoms with Crippen LogP contribution in [0.2, 0.25) is 0 Å². The first-order valence-corrected chi connectivity index (χ1v) is 8.94. The molecular formula is C19H27N3. The molecule has 0 unspecified atom stereocenters. The van der Waals surface area contributed by atoms with Crippen molar-refractivity contribution in [2.24, 2.45) is 5.92 Å². The number of H-pyrrole nitrogens is 1. The number of benzene rings is 1. The van der Waals surface area contributed by atoms with Crippen molar-refractivity contribution in [1.82, 2.24) is 15.6 Å². The molecule has 1 aromatic heterocycles. The number of rotatable bonds is 4. The number of aryl methyl sites for hydroxylation is 2. The number of fused-ring (bicyclic) bond motifs is 3. The van der Waals surface area contributed by atoms with Gasteiger partial charge in [0.15, 0.2) is 0 Å². The second-order valence-corrected chi connectivity index (χ2v) is 6.99. The molecule has 3 heteroatoms. The molecule has 4 rings (SSSR count). The van der Waals surface area contributed by atoms with Gasteiger partial charge >= 0.3 is 0 Å². The number of piperidine rings is 1. The molecule has 1 aliphatic heterocycles. The summed E-state index contributed by atoms with van der Waals surface area (Å²) < 4.78 is 0. The number of aromatic amines is 1. The molecule has 0 saturated carbocycles. The molecule has 1 saturated heterocycles. The van der Waals surface area contributed by atoms with Crippen LogP contribution in [-0.4, -0.2) is 24.6 Å². The van der Waals surface area contributed by atoms with E-state index in [1.54, 1.807) is 5.56 Å². The normalized spacial score (nSPS) is 19.5. The number of nitrogens with one attached hydrogen (secondary N) is 3. The van der Waals surface area contributed by atoms with Gasteiger partial charge in [0, 0.05) is 23.1 Å². The Hall–Kier alpha value is -1.32. The average Bonchev–Trinajstić information content (AvgIpc) is 2.94. The SMILES string of the molecule is c1cc2[nH]c3c(c2cc1CNCC1CCNCC1)CCCC3. The van der Waals surface area contributed by atoms with Gasteiger partial charge < -0.3 is 15.6 Å². The van der Waals surface area contributed by atoms with E-state index in [-0.39, 0.29) is 0 Å². The Morgan fingerprint density at radius 1 is 1.09 bits per heavy atom. The lowest BCUT2D eigenvalue weighted by atomic mass is 9.95. The standard InChI is InChI=1S/C19H27N3/c1-2-4-18-16(3-1)17-11-15(5-6-19(17)22-18)13-21-12-14-7-9-20-10-8-14/h5-6,11,14,20-22H,1-4,7-10,12-13H2. The lowest BCUT2D eigenvalue weighted by Crippen LogP contribution is -2.33. The number of hydrogen-bond donors (Lipinski definition) is 3. The smallest absolute Gasteiger partial charge is 0.0459 e. The van der Waals surface area contributed by atoms with Gasteiger partial charge in [-0.1, -0.05) is 6.07 Å². The topological polar surface area (TPSA) is 39.9 Å². The van der Waals surface area contributed by atoms with Crippen LogP contribution in [0.15, 0.2) is 18.2 Å². The fraction of sp³-hybridized carbons (Fsp3) is 0.579. The molecule has 2 aliphatic rings. The summed E-state index contributed by atoms with van der Waals surface area (Å²) in [5.41, 5.74) is 5.82. The molecule has 2 heterocycles. The zero-order valence-corrected chi connectivity index (χ0v) is 13.4. The van der Waals surface area contributed by atoms with Crippen LogP contribution in [0.3, 0.4) is 0 Å². The van der Waals surface area contributed by atoms with Crippen LogP contribution in [0, 0.1) is 5.92 Å². The monoisotopic (exact) mass is 297 g/mol. The summed E-state index contributed by atoms with van der Waals surface area (Å²) in [4.78, 5) is 3.62. The van der Waals surface area contributed by atoms with Gasteiger partial charge in [-0.25, -0.2) is 0 Å². The average molecular weight is 297 g/mol. The number of hydrogen-bond acceptors (Lipinski definition) is 2. The van der Waals surface area contributed by atoms with Crippen LogP contribution in [0.5, 0.6) is 0 Å². The van der Waals surface area contributed by atoms with Gasteiger partial charge in [-0.05, 0) is 87.3 Å². The fourth-order valence-electron chi connectivity index (χ4n) is 4.07. The minimum absolute atomic E-state index is 0.852. The summed E-state index contributed by atoms with van der Waals surface area (Å²) in [6.45, 7) is 4.53. The van der Waals surface area contributed by atoms with Crippen LogP contribution >= 0.6 is 0 Å². The summed E-state index contributed by atoms with van der Waals surface area (Å²) >= 11 is 0. The van der Waals surface area contributed by atoms with Crippen molar-refractivity contribution >= 4 is 10.9 Å². The van der Waals surface area contributed by atoms with Crippen molar-refractivity contribution in [2.75, 3.05) is 19.6 Å². The molecule has 1 aromatic carbocycles. The highest BCUT2D eigenvalue weighted by atomic mass is 14.9. The van der Waals surface area contributed by atoms with Gasteiger partial charge in [0.25, 0.3) is 0 Å². The van der Waals surface area contributed by atoms with Crippen molar-refractivity contribution in [2.45, 2.75) is 45.1 Å². The van der Waals surface area contributed by atoms with Crippen LogP contribution < -0.4 is 10.6 Å². The van der Waals surface area contributed by atoms with Crippen LogP contribution in [0.4, 0.5) is 0 Å². The molecule has 3 nitrogen and oxygen atoms in total. The molecule has 118 valence electrons. The van der Waals surface area contributed by atoms with Gasteiger partial charge in [-0.2, -0.15) is 0 Å². The Balaban J connectivity index is 1.43. The molecule has 1 fully saturated rings. The first-order valence-electron chi connectivity index (χ1n) is 8.94. The van der Waals surface area contributed by atoms with E-state index in [2.05, 4.69) is 33.8 Å². The summed E-state index contributed by atoms with van der Waals surface area (Å²) in [5, 5.41) is 8.58. The Bertz CT molecular complexity index is 637. The Morgan fingerprint density at radius 2 is 1.95 bits per heavy atom. The maximum atomic E-state index is 3.67. The van der Waals surface area contributed by atoms with E-state index in [9.17, 15) is 0 Å². The van der Waals surface area contributed by atoms with Crippen LogP contribution in [0.1, 0.15) is 42.5 Å². The highest BCUT2D eigenvalue weighted by Gasteiger charge is 2.16. The molecule has 3 N–H and O–H groups in total. The van der Waals surface area contributed by atoms with E-state index < -0.39 is 0 Å². The van der Waals surface area contributed by atoms with Gasteiger partial charge in [0.05, 0.1) is 0 Å². The minimum atomic E-state index is 0.852. The molecular weight excluding hydrogens is 270 g/mol. The molecule has 0 amide bonds. The highest BCUT2D eigenvalue weighted by molar-refractivity contribution is 5.85. The van der Waals surface area contributed by atoms with E-state index >= 15 is 0 Å². The second kappa shape index (κ2) is 6.43. The first-order chi connectivity index (χ1) is 10.9. The Kier molecular flexibility index (Phi) is 4.17. The minimum Gasteiger partial charge on any atom is -0.358 e. The third-order valence-corrected chi connectivity index (χ3v) is 5.38. The van der Waals surface area contributed by atoms with Crippen LogP contribution in [-0.2, 0) is 19.4 Å². The van der Waals surface area contributed by atoms with Crippen molar-refractivity contribution in [3.8, 4) is 0 Å².